The van der Waals surface area contributed by atoms with Crippen LogP contribution in [-0.2, 0) is 0 Å². The number of nitrogens with zero attached hydrogens (tertiary/aromatic N) is 8. The van der Waals surface area contributed by atoms with E-state index in [-0.39, 0.29) is 0 Å². The fraction of sp³-hybridized carbons (Fsp3) is 0.400. The van der Waals surface area contributed by atoms with E-state index in [2.05, 4.69) is 30.6 Å². The standard InChI is InChI=1S/C10H12N8S/c1-4-19-9-13-11-8-12-14-10(18(8)16-9)17-7(3)5-6(2)15-17/h5H,4H2,1-3H3. The largest absolute Gasteiger partial charge is 0.292 e. The van der Waals surface area contributed by atoms with E-state index in [1.54, 1.807) is 9.20 Å². The lowest BCUT2D eigenvalue weighted by atomic mass is 10.4. The van der Waals surface area contributed by atoms with Crippen LogP contribution in [0.25, 0.3) is 11.7 Å². The average Bonchev–Trinajstić information content (AvgIpc) is 2.92. The second-order valence-electron chi connectivity index (χ2n) is 3.97. The molecule has 0 bridgehead atoms. The molecule has 0 unspecified atom stereocenters. The Labute approximate surface area is 113 Å². The van der Waals surface area contributed by atoms with Crippen LogP contribution in [0.5, 0.6) is 0 Å². The topological polar surface area (TPSA) is 86.7 Å². The summed E-state index contributed by atoms with van der Waals surface area (Å²) in [5, 5.41) is 25.4. The number of hydrogen-bond acceptors (Lipinski definition) is 7. The van der Waals surface area contributed by atoms with E-state index in [1.165, 1.54) is 11.8 Å². The van der Waals surface area contributed by atoms with Gasteiger partial charge in [0.05, 0.1) is 5.69 Å². The summed E-state index contributed by atoms with van der Waals surface area (Å²) in [5.74, 6) is 1.77. The summed E-state index contributed by atoms with van der Waals surface area (Å²) in [4.78, 5) is 0. The molecule has 0 spiro atoms. The van der Waals surface area contributed by atoms with Gasteiger partial charge in [0.15, 0.2) is 0 Å². The van der Waals surface area contributed by atoms with Gasteiger partial charge in [-0.3, -0.25) is 0 Å². The maximum atomic E-state index is 4.38. The van der Waals surface area contributed by atoms with Crippen LogP contribution in [0.15, 0.2) is 11.2 Å². The second kappa shape index (κ2) is 4.57. The molecule has 0 saturated heterocycles. The molecule has 0 radical (unpaired) electrons. The Balaban J connectivity index is 2.18. The Morgan fingerprint density at radius 3 is 2.58 bits per heavy atom. The third kappa shape index (κ3) is 2.05. The van der Waals surface area contributed by atoms with Gasteiger partial charge in [-0.05, 0) is 25.7 Å². The van der Waals surface area contributed by atoms with Crippen molar-refractivity contribution in [3.8, 4) is 5.95 Å². The van der Waals surface area contributed by atoms with Gasteiger partial charge in [0.2, 0.25) is 5.16 Å². The first-order chi connectivity index (χ1) is 9.19. The number of aryl methyl sites for hydroxylation is 2. The zero-order valence-corrected chi connectivity index (χ0v) is 11.6. The Hall–Kier alpha value is -2.03. The summed E-state index contributed by atoms with van der Waals surface area (Å²) in [6, 6.07) is 1.97. The summed E-state index contributed by atoms with van der Waals surface area (Å²) in [6.07, 6.45) is 0. The van der Waals surface area contributed by atoms with Crippen molar-refractivity contribution in [1.82, 2.24) is 39.8 Å². The van der Waals surface area contributed by atoms with Gasteiger partial charge in [0.1, 0.15) is 0 Å². The van der Waals surface area contributed by atoms with Crippen LogP contribution in [0.2, 0.25) is 0 Å². The molecule has 19 heavy (non-hydrogen) atoms. The third-order valence-corrected chi connectivity index (χ3v) is 3.20. The molecule has 0 aliphatic rings. The van der Waals surface area contributed by atoms with E-state index in [0.29, 0.717) is 16.9 Å². The van der Waals surface area contributed by atoms with Crippen molar-refractivity contribution < 1.29 is 0 Å². The predicted octanol–water partition coefficient (Wildman–Crippen LogP) is 0.829. The van der Waals surface area contributed by atoms with Crippen LogP contribution in [0, 0.1) is 13.8 Å². The van der Waals surface area contributed by atoms with Crippen molar-refractivity contribution in [3.05, 3.63) is 17.5 Å². The number of aromatic nitrogens is 8. The molecule has 8 nitrogen and oxygen atoms in total. The third-order valence-electron chi connectivity index (χ3n) is 2.49. The van der Waals surface area contributed by atoms with Gasteiger partial charge in [-0.2, -0.15) is 9.61 Å². The second-order valence-corrected chi connectivity index (χ2v) is 5.20. The highest BCUT2D eigenvalue weighted by Crippen LogP contribution is 2.13. The highest BCUT2D eigenvalue weighted by Gasteiger charge is 2.14. The molecular weight excluding hydrogens is 264 g/mol. The number of hydrogen-bond donors (Lipinski definition) is 0. The van der Waals surface area contributed by atoms with Crippen LogP contribution < -0.4 is 0 Å². The Kier molecular flexibility index (Phi) is 2.90. The minimum absolute atomic E-state index is 0.364. The lowest BCUT2D eigenvalue weighted by Gasteiger charge is -2.01. The first kappa shape index (κ1) is 12.0. The van der Waals surface area contributed by atoms with E-state index in [0.717, 1.165) is 17.1 Å². The highest BCUT2D eigenvalue weighted by molar-refractivity contribution is 7.99. The molecule has 0 saturated carbocycles. The van der Waals surface area contributed by atoms with E-state index < -0.39 is 0 Å². The molecule has 3 rings (SSSR count). The van der Waals surface area contributed by atoms with E-state index in [4.69, 9.17) is 0 Å². The smallest absolute Gasteiger partial charge is 0.202 e. The molecule has 0 aliphatic carbocycles. The Morgan fingerprint density at radius 2 is 1.89 bits per heavy atom. The zero-order chi connectivity index (χ0) is 13.4. The van der Waals surface area contributed by atoms with Crippen LogP contribution in [-0.4, -0.2) is 45.5 Å². The normalized spacial score (nSPS) is 11.3. The molecule has 0 N–H and O–H groups in total. The summed E-state index contributed by atoms with van der Waals surface area (Å²) < 4.78 is 3.26. The fourth-order valence-electron chi connectivity index (χ4n) is 1.76. The highest BCUT2D eigenvalue weighted by atomic mass is 32.2. The van der Waals surface area contributed by atoms with Gasteiger partial charge < -0.3 is 0 Å². The first-order valence-electron chi connectivity index (χ1n) is 5.81. The van der Waals surface area contributed by atoms with Crippen molar-refractivity contribution >= 4 is 17.5 Å². The molecule has 0 aliphatic heterocycles. The van der Waals surface area contributed by atoms with Gasteiger partial charge in [0.25, 0.3) is 11.7 Å². The molecule has 9 heteroatoms. The molecule has 98 valence electrons. The molecule has 0 fully saturated rings. The fourth-order valence-corrected chi connectivity index (χ4v) is 2.25. The SMILES string of the molecule is CCSc1nnc2nnc(-n3nc(C)cc3C)n2n1. The number of thioether (sulfide) groups is 1. The summed E-state index contributed by atoms with van der Waals surface area (Å²) in [6.45, 7) is 5.92. The van der Waals surface area contributed by atoms with E-state index in [9.17, 15) is 0 Å². The molecule has 0 amide bonds. The van der Waals surface area contributed by atoms with Crippen molar-refractivity contribution in [2.75, 3.05) is 5.75 Å². The van der Waals surface area contributed by atoms with Crippen LogP contribution >= 0.6 is 11.8 Å². The molecule has 3 aromatic rings. The summed E-state index contributed by atoms with van der Waals surface area (Å²) >= 11 is 1.52. The zero-order valence-electron chi connectivity index (χ0n) is 10.8. The van der Waals surface area contributed by atoms with Crippen LogP contribution in [0.1, 0.15) is 18.3 Å². The maximum absolute atomic E-state index is 4.38. The minimum atomic E-state index is 0.364. The number of fused-ring (bicyclic) bond motifs is 1. The van der Waals surface area contributed by atoms with E-state index >= 15 is 0 Å². The predicted molar refractivity (Wildman–Crippen MR) is 69.4 cm³/mol. The van der Waals surface area contributed by atoms with Gasteiger partial charge >= 0.3 is 0 Å². The minimum Gasteiger partial charge on any atom is -0.202 e. The summed E-state index contributed by atoms with van der Waals surface area (Å²) in [5.41, 5.74) is 1.88. The van der Waals surface area contributed by atoms with Gasteiger partial charge in [-0.25, -0.2) is 4.68 Å². The van der Waals surface area contributed by atoms with Crippen LogP contribution in [0.3, 0.4) is 0 Å². The lowest BCUT2D eigenvalue weighted by Crippen LogP contribution is -2.09. The Morgan fingerprint density at radius 1 is 1.11 bits per heavy atom. The first-order valence-corrected chi connectivity index (χ1v) is 6.80. The maximum Gasteiger partial charge on any atom is 0.292 e. The molecule has 0 atom stereocenters. The van der Waals surface area contributed by atoms with Gasteiger partial charge in [-0.1, -0.05) is 18.7 Å². The monoisotopic (exact) mass is 276 g/mol. The molecular formula is C10H12N8S. The Bertz CT molecular complexity index is 730. The van der Waals surface area contributed by atoms with E-state index in [1.807, 2.05) is 26.8 Å². The van der Waals surface area contributed by atoms with Crippen molar-refractivity contribution in [2.24, 2.45) is 0 Å². The van der Waals surface area contributed by atoms with Crippen LogP contribution in [0.4, 0.5) is 0 Å². The summed E-state index contributed by atoms with van der Waals surface area (Å²) in [7, 11) is 0. The van der Waals surface area contributed by atoms with Gasteiger partial charge in [-0.15, -0.1) is 25.5 Å². The molecule has 3 aromatic heterocycles. The lowest BCUT2D eigenvalue weighted by molar-refractivity contribution is 0.679. The molecule has 0 aromatic carbocycles. The van der Waals surface area contributed by atoms with Crippen molar-refractivity contribution in [1.29, 1.82) is 0 Å². The van der Waals surface area contributed by atoms with Crippen molar-refractivity contribution in [2.45, 2.75) is 25.9 Å². The van der Waals surface area contributed by atoms with Gasteiger partial charge in [0, 0.05) is 5.69 Å². The van der Waals surface area contributed by atoms with Crippen molar-refractivity contribution in [3.63, 3.8) is 0 Å². The quantitative estimate of drug-likeness (QED) is 0.655. The number of rotatable bonds is 3. The average molecular weight is 276 g/mol. The molecule has 3 heterocycles.